The lowest BCUT2D eigenvalue weighted by Crippen LogP contribution is -2.38. The van der Waals surface area contributed by atoms with Crippen LogP contribution in [0.3, 0.4) is 0 Å². The van der Waals surface area contributed by atoms with E-state index in [2.05, 4.69) is 15.3 Å². The lowest BCUT2D eigenvalue weighted by atomic mass is 10.3. The van der Waals surface area contributed by atoms with E-state index in [1.165, 1.54) is 25.6 Å². The molecular weight excluding hydrogens is 186 g/mol. The second kappa shape index (κ2) is 4.31. The van der Waals surface area contributed by atoms with Crippen LogP contribution in [0.4, 0.5) is 0 Å². The summed E-state index contributed by atoms with van der Waals surface area (Å²) in [7, 11) is 0. The Morgan fingerprint density at radius 2 is 2.00 bits per heavy atom. The van der Waals surface area contributed by atoms with E-state index in [1.807, 2.05) is 0 Å². The lowest BCUT2D eigenvalue weighted by Gasteiger charge is -2.07. The van der Waals surface area contributed by atoms with Crippen LogP contribution >= 0.6 is 0 Å². The summed E-state index contributed by atoms with van der Waals surface area (Å²) in [5, 5.41) is 10.8. The number of carbonyl (C=O) groups excluding carboxylic acids is 1. The van der Waals surface area contributed by atoms with Crippen molar-refractivity contribution in [1.82, 2.24) is 15.3 Å². The topological polar surface area (TPSA) is 92.2 Å². The van der Waals surface area contributed by atoms with E-state index in [4.69, 9.17) is 5.11 Å². The van der Waals surface area contributed by atoms with Crippen molar-refractivity contribution in [2.75, 3.05) is 0 Å². The van der Waals surface area contributed by atoms with Crippen LogP contribution in [0.25, 0.3) is 0 Å². The van der Waals surface area contributed by atoms with Crippen LogP contribution in [0, 0.1) is 0 Å². The van der Waals surface area contributed by atoms with E-state index in [0.717, 1.165) is 0 Å². The van der Waals surface area contributed by atoms with Crippen LogP contribution in [0.1, 0.15) is 17.3 Å². The van der Waals surface area contributed by atoms with Gasteiger partial charge >= 0.3 is 5.97 Å². The maximum atomic E-state index is 11.3. The molecule has 0 radical (unpaired) electrons. The minimum atomic E-state index is -1.09. The SMILES string of the molecule is C[C@@H](NC(=O)c1cncnc1)C(=O)O. The van der Waals surface area contributed by atoms with Gasteiger partial charge in [-0.2, -0.15) is 0 Å². The van der Waals surface area contributed by atoms with E-state index in [-0.39, 0.29) is 5.56 Å². The molecule has 6 nitrogen and oxygen atoms in total. The number of hydrogen-bond donors (Lipinski definition) is 2. The summed E-state index contributed by atoms with van der Waals surface area (Å²) < 4.78 is 0. The third kappa shape index (κ3) is 2.51. The molecule has 0 unspecified atom stereocenters. The van der Waals surface area contributed by atoms with Gasteiger partial charge in [0.25, 0.3) is 5.91 Å². The molecule has 0 fully saturated rings. The van der Waals surface area contributed by atoms with Gasteiger partial charge in [-0.3, -0.25) is 9.59 Å². The maximum Gasteiger partial charge on any atom is 0.325 e. The fourth-order valence-electron chi connectivity index (χ4n) is 0.758. The van der Waals surface area contributed by atoms with Crippen molar-refractivity contribution in [2.24, 2.45) is 0 Å². The highest BCUT2D eigenvalue weighted by Crippen LogP contribution is 1.93. The average Bonchev–Trinajstić information content (AvgIpc) is 2.19. The molecule has 14 heavy (non-hydrogen) atoms. The van der Waals surface area contributed by atoms with E-state index >= 15 is 0 Å². The van der Waals surface area contributed by atoms with Crippen LogP contribution in [0.5, 0.6) is 0 Å². The Morgan fingerprint density at radius 1 is 1.43 bits per heavy atom. The van der Waals surface area contributed by atoms with Crippen LogP contribution in [0.15, 0.2) is 18.7 Å². The third-order valence-electron chi connectivity index (χ3n) is 1.54. The van der Waals surface area contributed by atoms with Crippen molar-refractivity contribution >= 4 is 11.9 Å². The Hall–Kier alpha value is -1.98. The van der Waals surface area contributed by atoms with Gasteiger partial charge < -0.3 is 10.4 Å². The quantitative estimate of drug-likeness (QED) is 0.689. The molecule has 1 aromatic rings. The number of nitrogens with one attached hydrogen (secondary N) is 1. The van der Waals surface area contributed by atoms with Crippen molar-refractivity contribution in [3.8, 4) is 0 Å². The van der Waals surface area contributed by atoms with E-state index in [1.54, 1.807) is 0 Å². The lowest BCUT2D eigenvalue weighted by molar-refractivity contribution is -0.138. The highest BCUT2D eigenvalue weighted by atomic mass is 16.4. The summed E-state index contributed by atoms with van der Waals surface area (Å²) in [6.45, 7) is 1.38. The molecule has 1 rings (SSSR count). The standard InChI is InChI=1S/C8H9N3O3/c1-5(8(13)14)11-7(12)6-2-9-4-10-3-6/h2-5H,1H3,(H,11,12)(H,13,14)/t5-/m1/s1. The van der Waals surface area contributed by atoms with E-state index in [9.17, 15) is 9.59 Å². The molecule has 0 saturated heterocycles. The first-order valence-corrected chi connectivity index (χ1v) is 3.90. The van der Waals surface area contributed by atoms with Gasteiger partial charge in [0.1, 0.15) is 12.4 Å². The van der Waals surface area contributed by atoms with E-state index in [0.29, 0.717) is 0 Å². The normalized spacial score (nSPS) is 11.8. The average molecular weight is 195 g/mol. The highest BCUT2D eigenvalue weighted by molar-refractivity contribution is 5.95. The molecule has 1 atom stereocenters. The number of carboxylic acid groups (broad SMARTS) is 1. The predicted octanol–water partition coefficient (Wildman–Crippen LogP) is -0.320. The Bertz CT molecular complexity index is 339. The fraction of sp³-hybridized carbons (Fsp3) is 0.250. The summed E-state index contributed by atoms with van der Waals surface area (Å²) in [4.78, 5) is 29.0. The number of aromatic nitrogens is 2. The van der Waals surface area contributed by atoms with Crippen molar-refractivity contribution in [3.05, 3.63) is 24.3 Å². The largest absolute Gasteiger partial charge is 0.480 e. The first-order chi connectivity index (χ1) is 6.61. The Labute approximate surface area is 80.0 Å². The Morgan fingerprint density at radius 3 is 2.50 bits per heavy atom. The Balaban J connectivity index is 2.64. The van der Waals surface area contributed by atoms with Gasteiger partial charge in [-0.25, -0.2) is 9.97 Å². The van der Waals surface area contributed by atoms with Gasteiger partial charge in [0.2, 0.25) is 0 Å². The van der Waals surface area contributed by atoms with Crippen LogP contribution in [-0.4, -0.2) is 33.0 Å². The number of aliphatic carboxylic acids is 1. The van der Waals surface area contributed by atoms with Crippen molar-refractivity contribution < 1.29 is 14.7 Å². The number of hydrogen-bond acceptors (Lipinski definition) is 4. The van der Waals surface area contributed by atoms with Gasteiger partial charge in [0.05, 0.1) is 5.56 Å². The number of carbonyl (C=O) groups is 2. The van der Waals surface area contributed by atoms with Gasteiger partial charge in [-0.05, 0) is 6.92 Å². The molecule has 1 aromatic heterocycles. The smallest absolute Gasteiger partial charge is 0.325 e. The van der Waals surface area contributed by atoms with Gasteiger partial charge in [0.15, 0.2) is 0 Å². The highest BCUT2D eigenvalue weighted by Gasteiger charge is 2.15. The third-order valence-corrected chi connectivity index (χ3v) is 1.54. The van der Waals surface area contributed by atoms with Crippen molar-refractivity contribution in [2.45, 2.75) is 13.0 Å². The predicted molar refractivity (Wildman–Crippen MR) is 46.6 cm³/mol. The molecular formula is C8H9N3O3. The number of nitrogens with zero attached hydrogens (tertiary/aromatic N) is 2. The molecule has 0 aliphatic rings. The fourth-order valence-corrected chi connectivity index (χ4v) is 0.758. The molecule has 1 amide bonds. The monoisotopic (exact) mass is 195 g/mol. The van der Waals surface area contributed by atoms with Crippen LogP contribution < -0.4 is 5.32 Å². The molecule has 0 spiro atoms. The zero-order valence-electron chi connectivity index (χ0n) is 7.47. The summed E-state index contributed by atoms with van der Waals surface area (Å²) in [5.41, 5.74) is 0.237. The maximum absolute atomic E-state index is 11.3. The molecule has 0 aliphatic heterocycles. The molecule has 6 heteroatoms. The number of carboxylic acids is 1. The minimum absolute atomic E-state index is 0.237. The second-order valence-corrected chi connectivity index (χ2v) is 2.66. The molecule has 1 heterocycles. The molecule has 0 aliphatic carbocycles. The summed E-state index contributed by atoms with van der Waals surface area (Å²) in [5.74, 6) is -1.59. The number of rotatable bonds is 3. The second-order valence-electron chi connectivity index (χ2n) is 2.66. The van der Waals surface area contributed by atoms with Crippen LogP contribution in [0.2, 0.25) is 0 Å². The van der Waals surface area contributed by atoms with Gasteiger partial charge in [-0.15, -0.1) is 0 Å². The zero-order chi connectivity index (χ0) is 10.6. The first-order valence-electron chi connectivity index (χ1n) is 3.90. The van der Waals surface area contributed by atoms with E-state index < -0.39 is 17.9 Å². The molecule has 0 aromatic carbocycles. The van der Waals surface area contributed by atoms with Gasteiger partial charge in [0, 0.05) is 12.4 Å². The first kappa shape index (κ1) is 10.1. The number of amides is 1. The molecule has 74 valence electrons. The molecule has 2 N–H and O–H groups in total. The molecule has 0 bridgehead atoms. The minimum Gasteiger partial charge on any atom is -0.480 e. The van der Waals surface area contributed by atoms with Crippen molar-refractivity contribution in [3.63, 3.8) is 0 Å². The van der Waals surface area contributed by atoms with Crippen molar-refractivity contribution in [1.29, 1.82) is 0 Å². The molecule has 0 saturated carbocycles. The summed E-state index contributed by atoms with van der Waals surface area (Å²) >= 11 is 0. The zero-order valence-corrected chi connectivity index (χ0v) is 7.47. The Kier molecular flexibility index (Phi) is 3.11. The summed E-state index contributed by atoms with van der Waals surface area (Å²) in [6, 6.07) is -0.928. The van der Waals surface area contributed by atoms with Gasteiger partial charge in [-0.1, -0.05) is 0 Å². The van der Waals surface area contributed by atoms with Crippen LogP contribution in [-0.2, 0) is 4.79 Å². The summed E-state index contributed by atoms with van der Waals surface area (Å²) in [6.07, 6.45) is 3.92.